The Bertz CT molecular complexity index is 883. The Morgan fingerprint density at radius 1 is 1.00 bits per heavy atom. The third-order valence-electron chi connectivity index (χ3n) is 3.24. The van der Waals surface area contributed by atoms with Gasteiger partial charge in [0.05, 0.1) is 4.92 Å². The number of nitrogens with zero attached hydrogens (tertiary/aromatic N) is 2. The normalized spacial score (nSPS) is 15.6. The van der Waals surface area contributed by atoms with Crippen LogP contribution < -0.4 is 0 Å². The van der Waals surface area contributed by atoms with Crippen molar-refractivity contribution in [1.29, 1.82) is 0 Å². The molecule has 0 unspecified atom stereocenters. The van der Waals surface area contributed by atoms with E-state index in [1.807, 2.05) is 30.3 Å². The summed E-state index contributed by atoms with van der Waals surface area (Å²) >= 11 is 0. The number of esters is 1. The maximum atomic E-state index is 11.8. The number of nitro benzene ring substituents is 1. The second kappa shape index (κ2) is 6.70. The highest BCUT2D eigenvalue weighted by Crippen LogP contribution is 2.18. The van der Waals surface area contributed by atoms with Crippen LogP contribution >= 0.6 is 0 Å². The predicted octanol–water partition coefficient (Wildman–Crippen LogP) is 3.60. The largest absolute Gasteiger partial charge is 0.403 e. The Balaban J connectivity index is 1.80. The summed E-state index contributed by atoms with van der Waals surface area (Å²) in [6.45, 7) is 0. The highest BCUT2D eigenvalue weighted by Gasteiger charge is 2.21. The molecule has 2 aromatic rings. The van der Waals surface area contributed by atoms with Gasteiger partial charge in [0.15, 0.2) is 5.70 Å². The molecule has 6 heteroatoms. The van der Waals surface area contributed by atoms with Crippen LogP contribution in [0.15, 0.2) is 71.4 Å². The third-order valence-corrected chi connectivity index (χ3v) is 3.24. The fourth-order valence-electron chi connectivity index (χ4n) is 2.11. The minimum absolute atomic E-state index is 0.00725. The van der Waals surface area contributed by atoms with Gasteiger partial charge in [-0.25, -0.2) is 9.79 Å². The maximum absolute atomic E-state index is 11.8. The smallest absolute Gasteiger partial charge is 0.363 e. The topological polar surface area (TPSA) is 81.8 Å². The van der Waals surface area contributed by atoms with E-state index in [1.165, 1.54) is 18.2 Å². The highest BCUT2D eigenvalue weighted by molar-refractivity contribution is 6.11. The number of cyclic esters (lactones) is 1. The summed E-state index contributed by atoms with van der Waals surface area (Å²) < 4.78 is 5.07. The number of rotatable bonds is 4. The van der Waals surface area contributed by atoms with Crippen LogP contribution in [0.4, 0.5) is 5.69 Å². The lowest BCUT2D eigenvalue weighted by Crippen LogP contribution is -2.01. The zero-order chi connectivity index (χ0) is 16.9. The summed E-state index contributed by atoms with van der Waals surface area (Å²) in [5.41, 5.74) is 1.66. The summed E-state index contributed by atoms with van der Waals surface area (Å²) in [7, 11) is 0. The van der Waals surface area contributed by atoms with E-state index in [0.717, 1.165) is 5.56 Å². The van der Waals surface area contributed by atoms with Crippen molar-refractivity contribution in [2.75, 3.05) is 0 Å². The Morgan fingerprint density at radius 2 is 1.75 bits per heavy atom. The molecule has 1 aliphatic rings. The molecule has 0 aromatic heterocycles. The first-order valence-corrected chi connectivity index (χ1v) is 7.12. The van der Waals surface area contributed by atoms with Gasteiger partial charge >= 0.3 is 5.97 Å². The predicted molar refractivity (Wildman–Crippen MR) is 90.1 cm³/mol. The Morgan fingerprint density at radius 3 is 2.50 bits per heavy atom. The van der Waals surface area contributed by atoms with E-state index in [1.54, 1.807) is 24.3 Å². The van der Waals surface area contributed by atoms with Crippen molar-refractivity contribution in [2.24, 2.45) is 4.99 Å². The highest BCUT2D eigenvalue weighted by atomic mass is 16.6. The van der Waals surface area contributed by atoms with Gasteiger partial charge in [0, 0.05) is 18.2 Å². The molecule has 0 fully saturated rings. The summed E-state index contributed by atoms with van der Waals surface area (Å²) in [5, 5.41) is 10.8. The standard InChI is InChI=1S/C18H12N2O4/c21-18-16(12-13-5-2-1-3-6-13)19-17(24-18)10-9-14-7-4-8-15(11-14)20(22)23/h1-12H/b10-9+,16-12-. The first-order chi connectivity index (χ1) is 11.6. The van der Waals surface area contributed by atoms with Crippen LogP contribution in [0, 0.1) is 10.1 Å². The number of hydrogen-bond acceptors (Lipinski definition) is 5. The third kappa shape index (κ3) is 3.61. The van der Waals surface area contributed by atoms with Crippen LogP contribution in [0.2, 0.25) is 0 Å². The van der Waals surface area contributed by atoms with Crippen molar-refractivity contribution in [3.63, 3.8) is 0 Å². The van der Waals surface area contributed by atoms with E-state index in [4.69, 9.17) is 4.74 Å². The molecular formula is C18H12N2O4. The number of hydrogen-bond donors (Lipinski definition) is 0. The van der Waals surface area contributed by atoms with Gasteiger partial charge in [0.1, 0.15) is 0 Å². The molecule has 24 heavy (non-hydrogen) atoms. The minimum Gasteiger partial charge on any atom is -0.403 e. The Kier molecular flexibility index (Phi) is 4.29. The average Bonchev–Trinajstić information content (AvgIpc) is 2.94. The molecule has 0 saturated heterocycles. The van der Waals surface area contributed by atoms with Crippen LogP contribution in [0.25, 0.3) is 12.2 Å². The first-order valence-electron chi connectivity index (χ1n) is 7.12. The summed E-state index contributed by atoms with van der Waals surface area (Å²) in [6.07, 6.45) is 4.74. The van der Waals surface area contributed by atoms with Gasteiger partial charge in [-0.3, -0.25) is 10.1 Å². The molecular weight excluding hydrogens is 308 g/mol. The zero-order valence-electron chi connectivity index (χ0n) is 12.5. The van der Waals surface area contributed by atoms with Crippen LogP contribution in [-0.4, -0.2) is 16.8 Å². The average molecular weight is 320 g/mol. The Hall–Kier alpha value is -3.54. The second-order valence-electron chi connectivity index (χ2n) is 4.97. The molecule has 0 radical (unpaired) electrons. The van der Waals surface area contributed by atoms with Gasteiger partial charge in [-0.1, -0.05) is 42.5 Å². The lowest BCUT2D eigenvalue weighted by atomic mass is 10.2. The van der Waals surface area contributed by atoms with Crippen LogP contribution in [0.1, 0.15) is 11.1 Å². The molecule has 1 aliphatic heterocycles. The van der Waals surface area contributed by atoms with E-state index in [2.05, 4.69) is 4.99 Å². The molecule has 0 saturated carbocycles. The number of non-ortho nitro benzene ring substituents is 1. The number of carbonyl (C=O) groups is 1. The van der Waals surface area contributed by atoms with Crippen molar-refractivity contribution < 1.29 is 14.5 Å². The van der Waals surface area contributed by atoms with Crippen LogP contribution in [0.5, 0.6) is 0 Å². The SMILES string of the molecule is O=C1OC(/C=C/c2cccc([N+](=O)[O-])c2)=NC/1=C\c1ccccc1. The van der Waals surface area contributed by atoms with Crippen molar-refractivity contribution in [3.8, 4) is 0 Å². The maximum Gasteiger partial charge on any atom is 0.363 e. The molecule has 6 nitrogen and oxygen atoms in total. The molecule has 0 spiro atoms. The second-order valence-corrected chi connectivity index (χ2v) is 4.97. The van der Waals surface area contributed by atoms with E-state index in [9.17, 15) is 14.9 Å². The van der Waals surface area contributed by atoms with Crippen molar-refractivity contribution in [2.45, 2.75) is 0 Å². The number of carbonyl (C=O) groups excluding carboxylic acids is 1. The molecule has 3 rings (SSSR count). The zero-order valence-corrected chi connectivity index (χ0v) is 12.5. The van der Waals surface area contributed by atoms with Crippen molar-refractivity contribution >= 4 is 29.7 Å². The number of benzene rings is 2. The van der Waals surface area contributed by atoms with E-state index in [0.29, 0.717) is 5.56 Å². The van der Waals surface area contributed by atoms with Gasteiger partial charge in [0.25, 0.3) is 5.69 Å². The van der Waals surface area contributed by atoms with Crippen molar-refractivity contribution in [3.05, 3.63) is 87.6 Å². The summed E-state index contributed by atoms with van der Waals surface area (Å²) in [6, 6.07) is 15.4. The fraction of sp³-hybridized carbons (Fsp3) is 0. The van der Waals surface area contributed by atoms with Gasteiger partial charge in [-0.05, 0) is 23.3 Å². The molecule has 118 valence electrons. The molecule has 1 heterocycles. The molecule has 0 aliphatic carbocycles. The monoisotopic (exact) mass is 320 g/mol. The van der Waals surface area contributed by atoms with E-state index in [-0.39, 0.29) is 17.3 Å². The van der Waals surface area contributed by atoms with Crippen LogP contribution in [0.3, 0.4) is 0 Å². The number of nitro groups is 1. The van der Waals surface area contributed by atoms with Crippen LogP contribution in [-0.2, 0) is 9.53 Å². The van der Waals surface area contributed by atoms with Crippen molar-refractivity contribution in [1.82, 2.24) is 0 Å². The quantitative estimate of drug-likeness (QED) is 0.373. The lowest BCUT2D eigenvalue weighted by molar-refractivity contribution is -0.384. The summed E-state index contributed by atoms with van der Waals surface area (Å²) in [5.74, 6) is -0.383. The van der Waals surface area contributed by atoms with Gasteiger partial charge < -0.3 is 4.74 Å². The number of ether oxygens (including phenoxy) is 1. The first kappa shape index (κ1) is 15.4. The van der Waals surface area contributed by atoms with E-state index < -0.39 is 10.9 Å². The van der Waals surface area contributed by atoms with Gasteiger partial charge in [0.2, 0.25) is 5.90 Å². The minimum atomic E-state index is -0.530. The van der Waals surface area contributed by atoms with Gasteiger partial charge in [-0.2, -0.15) is 0 Å². The molecule has 0 atom stereocenters. The molecule has 0 bridgehead atoms. The van der Waals surface area contributed by atoms with E-state index >= 15 is 0 Å². The number of aliphatic imine (C=N–C) groups is 1. The fourth-order valence-corrected chi connectivity index (χ4v) is 2.11. The van der Waals surface area contributed by atoms with Gasteiger partial charge in [-0.15, -0.1) is 0 Å². The summed E-state index contributed by atoms with van der Waals surface area (Å²) in [4.78, 5) is 26.2. The molecule has 0 amide bonds. The molecule has 0 N–H and O–H groups in total. The lowest BCUT2D eigenvalue weighted by Gasteiger charge is -1.94. The Labute approximate surface area is 137 Å². The molecule has 2 aromatic carbocycles.